The third kappa shape index (κ3) is 7.68. The Morgan fingerprint density at radius 3 is 2.44 bits per heavy atom. The molecule has 2 aliphatic rings. The molecule has 0 aromatic carbocycles. The maximum absolute atomic E-state index is 12.3. The minimum Gasteiger partial charge on any atom is -0.356 e. The number of amides is 3. The second kappa shape index (κ2) is 12.2. The summed E-state index contributed by atoms with van der Waals surface area (Å²) >= 11 is 0. The van der Waals surface area contributed by atoms with E-state index in [1.165, 1.54) is 17.1 Å². The molecule has 0 bridgehead atoms. The minimum absolute atomic E-state index is 0.0628. The number of nitrogens with zero attached hydrogens (tertiary/aromatic N) is 1. The van der Waals surface area contributed by atoms with Gasteiger partial charge in [0.25, 0.3) is 11.8 Å². The summed E-state index contributed by atoms with van der Waals surface area (Å²) in [6.07, 6.45) is 10.3. The molecule has 1 heterocycles. The van der Waals surface area contributed by atoms with Crippen molar-refractivity contribution in [2.45, 2.75) is 51.4 Å². The molecule has 8 heteroatoms. The molecular weight excluding hydrogens is 367 g/mol. The molecule has 1 atom stereocenters. The number of rotatable bonds is 12. The predicted molar refractivity (Wildman–Crippen MR) is 104 cm³/mol. The van der Waals surface area contributed by atoms with Crippen molar-refractivity contribution in [3.8, 4) is 0 Å². The van der Waals surface area contributed by atoms with Crippen molar-refractivity contribution in [1.29, 1.82) is 0 Å². The highest BCUT2D eigenvalue weighted by molar-refractivity contribution is 7.26. The normalized spacial score (nSPS) is 22.9. The largest absolute Gasteiger partial charge is 0.356 e. The molecular formula is C19H31N2O5P. The first-order chi connectivity index (χ1) is 13.1. The summed E-state index contributed by atoms with van der Waals surface area (Å²) in [6, 6.07) is 0. The van der Waals surface area contributed by atoms with E-state index in [1.54, 1.807) is 7.11 Å². The molecule has 0 aromatic rings. The van der Waals surface area contributed by atoms with Gasteiger partial charge in [-0.15, -0.1) is 0 Å². The van der Waals surface area contributed by atoms with Crippen LogP contribution in [0, 0.1) is 11.8 Å². The molecule has 1 N–H and O–H groups in total. The topological polar surface area (TPSA) is 84.9 Å². The van der Waals surface area contributed by atoms with E-state index in [-0.39, 0.29) is 32.7 Å². The number of carbonyl (C=O) groups excluding carboxylic acids is 3. The molecule has 1 unspecified atom stereocenters. The molecule has 0 saturated heterocycles. The van der Waals surface area contributed by atoms with E-state index in [2.05, 4.69) is 5.32 Å². The average Bonchev–Trinajstić information content (AvgIpc) is 2.99. The standard InChI is InChI=1S/C19H31N2O5P/c1-25-27-26-13-5-3-2-4-12-20-19(24)16-8-6-15(7-9-16)14-21-17(22)10-11-18(21)23/h10-11,15-16,27H,2-9,12-14H2,1H3,(H,20,24). The summed E-state index contributed by atoms with van der Waals surface area (Å²) in [7, 11) is 1.75. The lowest BCUT2D eigenvalue weighted by Gasteiger charge is -2.30. The second-order valence-corrected chi connectivity index (χ2v) is 8.04. The van der Waals surface area contributed by atoms with Crippen LogP contribution >= 0.6 is 9.03 Å². The van der Waals surface area contributed by atoms with Crippen molar-refractivity contribution >= 4 is 26.8 Å². The van der Waals surface area contributed by atoms with Gasteiger partial charge in [-0.1, -0.05) is 12.8 Å². The first-order valence-corrected chi connectivity index (χ1v) is 10.6. The van der Waals surface area contributed by atoms with Gasteiger partial charge in [-0.25, -0.2) is 0 Å². The van der Waals surface area contributed by atoms with Gasteiger partial charge >= 0.3 is 0 Å². The lowest BCUT2D eigenvalue weighted by molar-refractivity contribution is -0.138. The van der Waals surface area contributed by atoms with Crippen LogP contribution < -0.4 is 5.32 Å². The quantitative estimate of drug-likeness (QED) is 0.310. The fraction of sp³-hybridized carbons (Fsp3) is 0.737. The molecule has 152 valence electrons. The fourth-order valence-corrected chi connectivity index (χ4v) is 3.93. The molecule has 7 nitrogen and oxygen atoms in total. The van der Waals surface area contributed by atoms with E-state index in [0.717, 1.165) is 64.5 Å². The number of imide groups is 1. The Kier molecular flexibility index (Phi) is 9.95. The van der Waals surface area contributed by atoms with Gasteiger partial charge in [0.1, 0.15) is 0 Å². The summed E-state index contributed by atoms with van der Waals surface area (Å²) in [6.45, 7) is 1.93. The fourth-order valence-electron chi connectivity index (χ4n) is 3.59. The number of hydrogen-bond acceptors (Lipinski definition) is 5. The molecule has 0 radical (unpaired) electrons. The zero-order chi connectivity index (χ0) is 19.5. The number of hydrogen-bond donors (Lipinski definition) is 1. The van der Waals surface area contributed by atoms with Crippen molar-refractivity contribution in [3.05, 3.63) is 12.2 Å². The van der Waals surface area contributed by atoms with E-state index in [1.807, 2.05) is 0 Å². The lowest BCUT2D eigenvalue weighted by Crippen LogP contribution is -2.38. The predicted octanol–water partition coefficient (Wildman–Crippen LogP) is 2.57. The van der Waals surface area contributed by atoms with Crippen molar-refractivity contribution in [2.75, 3.05) is 26.8 Å². The molecule has 0 aromatic heterocycles. The van der Waals surface area contributed by atoms with Crippen LogP contribution in [0.25, 0.3) is 0 Å². The summed E-state index contributed by atoms with van der Waals surface area (Å²) in [5, 5.41) is 3.05. The summed E-state index contributed by atoms with van der Waals surface area (Å²) in [5.74, 6) is 0.0831. The molecule has 1 fully saturated rings. The number of carbonyl (C=O) groups is 3. The Balaban J connectivity index is 1.51. The zero-order valence-electron chi connectivity index (χ0n) is 16.1. The Morgan fingerprint density at radius 2 is 1.78 bits per heavy atom. The first kappa shape index (κ1) is 22.0. The van der Waals surface area contributed by atoms with Crippen LogP contribution in [0.1, 0.15) is 51.4 Å². The van der Waals surface area contributed by atoms with Gasteiger partial charge in [0, 0.05) is 38.3 Å². The molecule has 3 amide bonds. The second-order valence-electron chi connectivity index (χ2n) is 7.18. The van der Waals surface area contributed by atoms with Crippen LogP contribution in [0.3, 0.4) is 0 Å². The zero-order valence-corrected chi connectivity index (χ0v) is 17.1. The van der Waals surface area contributed by atoms with Gasteiger partial charge in [0.2, 0.25) is 5.91 Å². The van der Waals surface area contributed by atoms with Gasteiger partial charge in [-0.05, 0) is 44.4 Å². The molecule has 27 heavy (non-hydrogen) atoms. The van der Waals surface area contributed by atoms with E-state index in [0.29, 0.717) is 12.5 Å². The maximum Gasteiger partial charge on any atom is 0.253 e. The monoisotopic (exact) mass is 398 g/mol. The highest BCUT2D eigenvalue weighted by Gasteiger charge is 2.31. The van der Waals surface area contributed by atoms with E-state index in [9.17, 15) is 14.4 Å². The van der Waals surface area contributed by atoms with Gasteiger partial charge in [0.05, 0.1) is 6.61 Å². The average molecular weight is 398 g/mol. The highest BCUT2D eigenvalue weighted by atomic mass is 31.1. The van der Waals surface area contributed by atoms with Crippen molar-refractivity contribution in [2.24, 2.45) is 11.8 Å². The summed E-state index contributed by atoms with van der Waals surface area (Å²) in [5.41, 5.74) is 0. The van der Waals surface area contributed by atoms with Crippen LogP contribution in [0.15, 0.2) is 12.2 Å². The Hall–Kier alpha value is -1.30. The van der Waals surface area contributed by atoms with Crippen LogP contribution in [0.5, 0.6) is 0 Å². The van der Waals surface area contributed by atoms with E-state index in [4.69, 9.17) is 9.05 Å². The Morgan fingerprint density at radius 1 is 1.11 bits per heavy atom. The molecule has 2 rings (SSSR count). The molecule has 1 aliphatic carbocycles. The third-order valence-electron chi connectivity index (χ3n) is 5.17. The van der Waals surface area contributed by atoms with Crippen molar-refractivity contribution < 1.29 is 23.4 Å². The van der Waals surface area contributed by atoms with Crippen LogP contribution in [-0.2, 0) is 23.4 Å². The van der Waals surface area contributed by atoms with Crippen LogP contribution in [0.4, 0.5) is 0 Å². The summed E-state index contributed by atoms with van der Waals surface area (Å²) in [4.78, 5) is 36.9. The van der Waals surface area contributed by atoms with Gasteiger partial charge in [0.15, 0.2) is 9.03 Å². The number of nitrogens with one attached hydrogen (secondary N) is 1. The van der Waals surface area contributed by atoms with Crippen LogP contribution in [-0.4, -0.2) is 49.4 Å². The smallest absolute Gasteiger partial charge is 0.253 e. The van der Waals surface area contributed by atoms with Gasteiger partial charge in [-0.3, -0.25) is 19.3 Å². The number of unbranched alkanes of at least 4 members (excludes halogenated alkanes) is 3. The molecule has 1 saturated carbocycles. The van der Waals surface area contributed by atoms with Gasteiger partial charge < -0.3 is 14.4 Å². The van der Waals surface area contributed by atoms with Crippen molar-refractivity contribution in [1.82, 2.24) is 10.2 Å². The Bertz CT molecular complexity index is 514. The third-order valence-corrected chi connectivity index (χ3v) is 5.66. The van der Waals surface area contributed by atoms with Crippen molar-refractivity contribution in [3.63, 3.8) is 0 Å². The highest BCUT2D eigenvalue weighted by Crippen LogP contribution is 2.30. The summed E-state index contributed by atoms with van der Waals surface area (Å²) < 4.78 is 10.1. The van der Waals surface area contributed by atoms with E-state index >= 15 is 0 Å². The molecule has 1 aliphatic heterocycles. The SMILES string of the molecule is COPOCCCCCCNC(=O)C1CCC(CN2C(=O)C=CC2=O)CC1. The molecule has 0 spiro atoms. The van der Waals surface area contributed by atoms with Gasteiger partial charge in [-0.2, -0.15) is 0 Å². The Labute approximate surface area is 163 Å². The maximum atomic E-state index is 12.3. The van der Waals surface area contributed by atoms with Crippen LogP contribution in [0.2, 0.25) is 0 Å². The van der Waals surface area contributed by atoms with E-state index < -0.39 is 0 Å². The lowest BCUT2D eigenvalue weighted by atomic mass is 9.81. The minimum atomic E-state index is -0.217. The first-order valence-electron chi connectivity index (χ1n) is 9.83.